The molecule has 1 aromatic rings. The maximum absolute atomic E-state index is 13.7. The highest BCUT2D eigenvalue weighted by Gasteiger charge is 2.49. The first kappa shape index (κ1) is 28.1. The number of nitrogens with zero attached hydrogens (tertiary/aromatic N) is 2. The van der Waals surface area contributed by atoms with Crippen molar-refractivity contribution in [2.75, 3.05) is 20.3 Å². The van der Waals surface area contributed by atoms with Crippen LogP contribution in [0, 0.1) is 22.7 Å². The fourth-order valence-electron chi connectivity index (χ4n) is 5.11. The molecule has 1 aliphatic carbocycles. The van der Waals surface area contributed by atoms with E-state index in [2.05, 4.69) is 37.7 Å². The van der Waals surface area contributed by atoms with E-state index in [1.807, 2.05) is 13.0 Å². The second kappa shape index (κ2) is 11.5. The third-order valence-corrected chi connectivity index (χ3v) is 7.01. The quantitative estimate of drug-likeness (QED) is 0.619. The van der Waals surface area contributed by atoms with Crippen molar-refractivity contribution in [3.63, 3.8) is 0 Å². The Bertz CT molecular complexity index is 891. The second-order valence-electron chi connectivity index (χ2n) is 9.90. The van der Waals surface area contributed by atoms with Crippen LogP contribution in [0.2, 0.25) is 0 Å². The molecule has 1 aliphatic heterocycles. The van der Waals surface area contributed by atoms with Gasteiger partial charge in [-0.15, -0.1) is 0 Å². The lowest BCUT2D eigenvalue weighted by Crippen LogP contribution is -2.48. The van der Waals surface area contributed by atoms with Gasteiger partial charge < -0.3 is 15.0 Å². The number of rotatable bonds is 5. The van der Waals surface area contributed by atoms with Crippen LogP contribution < -0.4 is 5.32 Å². The molecule has 1 fully saturated rings. The Labute approximate surface area is 201 Å². The predicted octanol–water partition coefficient (Wildman–Crippen LogP) is 5.31. The van der Waals surface area contributed by atoms with E-state index in [9.17, 15) is 23.2 Å². The van der Waals surface area contributed by atoms with Crippen molar-refractivity contribution < 1.29 is 22.7 Å². The standard InChI is InChI=1S/C23H30F3N3O.C3H8O/c1-14(2)22(7-5-19(11-22)28-15(3)4)21(30)29-8-6-20-16(12-27)9-18(23(24,25)26)10-17(20)13-29;1-3-4-2/h9-10,14-15,19,28H,5-8,11,13H2,1-4H3;3H2,1-2H3. The molecule has 0 spiro atoms. The van der Waals surface area contributed by atoms with Crippen LogP contribution in [0.3, 0.4) is 0 Å². The Kier molecular flexibility index (Phi) is 9.55. The molecule has 0 aromatic heterocycles. The molecule has 1 aromatic carbocycles. The minimum atomic E-state index is -4.52. The van der Waals surface area contributed by atoms with Gasteiger partial charge in [0.25, 0.3) is 0 Å². The number of hydrogen-bond acceptors (Lipinski definition) is 4. The average Bonchev–Trinajstić information content (AvgIpc) is 3.21. The summed E-state index contributed by atoms with van der Waals surface area (Å²) in [5.74, 6) is 0.175. The highest BCUT2D eigenvalue weighted by Crippen LogP contribution is 2.47. The molecule has 8 heteroatoms. The van der Waals surface area contributed by atoms with Gasteiger partial charge in [-0.05, 0) is 61.8 Å². The second-order valence-corrected chi connectivity index (χ2v) is 9.90. The summed E-state index contributed by atoms with van der Waals surface area (Å²) in [6.07, 6.45) is -1.67. The van der Waals surface area contributed by atoms with Crippen molar-refractivity contribution in [1.82, 2.24) is 10.2 Å². The van der Waals surface area contributed by atoms with Crippen LogP contribution in [0.5, 0.6) is 0 Å². The summed E-state index contributed by atoms with van der Waals surface area (Å²) in [6.45, 7) is 11.6. The Balaban J connectivity index is 0.000000945. The Hall–Kier alpha value is -2.11. The lowest BCUT2D eigenvalue weighted by atomic mass is 9.73. The molecule has 1 N–H and O–H groups in total. The van der Waals surface area contributed by atoms with Crippen molar-refractivity contribution >= 4 is 5.91 Å². The number of methoxy groups -OCH3 is 1. The van der Waals surface area contributed by atoms with Crippen LogP contribution in [0.4, 0.5) is 13.2 Å². The van der Waals surface area contributed by atoms with Crippen molar-refractivity contribution in [3.8, 4) is 6.07 Å². The first-order valence-electron chi connectivity index (χ1n) is 12.1. The first-order valence-corrected chi connectivity index (χ1v) is 12.1. The maximum atomic E-state index is 13.7. The van der Waals surface area contributed by atoms with E-state index in [4.69, 9.17) is 0 Å². The lowest BCUT2D eigenvalue weighted by Gasteiger charge is -2.40. The maximum Gasteiger partial charge on any atom is 0.416 e. The SMILES string of the molecule is CC(C)NC1CCC(C(=O)N2CCc3c(C#N)cc(C(F)(F)F)cc3C2)(C(C)C)C1.CCOC. The summed E-state index contributed by atoms with van der Waals surface area (Å²) in [6, 6.07) is 4.54. The van der Waals surface area contributed by atoms with Crippen molar-refractivity contribution in [3.05, 3.63) is 34.4 Å². The van der Waals surface area contributed by atoms with E-state index in [1.54, 1.807) is 12.0 Å². The van der Waals surface area contributed by atoms with Crippen molar-refractivity contribution in [2.24, 2.45) is 11.3 Å². The zero-order valence-corrected chi connectivity index (χ0v) is 21.2. The molecule has 2 atom stereocenters. The van der Waals surface area contributed by atoms with Gasteiger partial charge in [0, 0.05) is 38.9 Å². The van der Waals surface area contributed by atoms with E-state index < -0.39 is 17.2 Å². The summed E-state index contributed by atoms with van der Waals surface area (Å²) < 4.78 is 44.4. The molecule has 5 nitrogen and oxygen atoms in total. The Morgan fingerprint density at radius 2 is 1.97 bits per heavy atom. The molecule has 190 valence electrons. The normalized spacial score (nSPS) is 22.3. The molecule has 34 heavy (non-hydrogen) atoms. The molecule has 1 amide bonds. The molecule has 3 rings (SSSR count). The van der Waals surface area contributed by atoms with Gasteiger partial charge in [-0.3, -0.25) is 4.79 Å². The van der Waals surface area contributed by atoms with Crippen LogP contribution in [-0.2, 0) is 28.7 Å². The number of benzene rings is 1. The summed E-state index contributed by atoms with van der Waals surface area (Å²) in [4.78, 5) is 15.4. The molecule has 0 radical (unpaired) electrons. The van der Waals surface area contributed by atoms with Gasteiger partial charge in [0.15, 0.2) is 0 Å². The minimum Gasteiger partial charge on any atom is -0.385 e. The minimum absolute atomic E-state index is 0.0344. The van der Waals surface area contributed by atoms with Gasteiger partial charge in [0.2, 0.25) is 5.91 Å². The smallest absolute Gasteiger partial charge is 0.385 e. The molecule has 1 saturated carbocycles. The summed E-state index contributed by atoms with van der Waals surface area (Å²) >= 11 is 0. The van der Waals surface area contributed by atoms with Crippen molar-refractivity contribution in [1.29, 1.82) is 5.26 Å². The zero-order valence-electron chi connectivity index (χ0n) is 21.2. The number of fused-ring (bicyclic) bond motifs is 1. The van der Waals surface area contributed by atoms with Crippen LogP contribution in [0.1, 0.15) is 76.1 Å². The van der Waals surface area contributed by atoms with Crippen LogP contribution >= 0.6 is 0 Å². The molecular weight excluding hydrogens is 443 g/mol. The van der Waals surface area contributed by atoms with E-state index in [1.165, 1.54) is 0 Å². The highest BCUT2D eigenvalue weighted by atomic mass is 19.4. The molecule has 0 bridgehead atoms. The predicted molar refractivity (Wildman–Crippen MR) is 126 cm³/mol. The molecular formula is C26H38F3N3O2. The summed E-state index contributed by atoms with van der Waals surface area (Å²) in [5.41, 5.74) is -0.182. The Morgan fingerprint density at radius 1 is 1.32 bits per heavy atom. The first-order chi connectivity index (χ1) is 15.9. The third kappa shape index (κ3) is 6.31. The monoisotopic (exact) mass is 481 g/mol. The third-order valence-electron chi connectivity index (χ3n) is 7.01. The van der Waals surface area contributed by atoms with Crippen LogP contribution in [0.15, 0.2) is 12.1 Å². The summed E-state index contributed by atoms with van der Waals surface area (Å²) in [7, 11) is 1.68. The largest absolute Gasteiger partial charge is 0.416 e. The number of alkyl halides is 3. The average molecular weight is 482 g/mol. The number of hydrogen-bond donors (Lipinski definition) is 1. The summed E-state index contributed by atoms with van der Waals surface area (Å²) in [5, 5.41) is 12.9. The highest BCUT2D eigenvalue weighted by molar-refractivity contribution is 5.84. The van der Waals surface area contributed by atoms with Crippen molar-refractivity contribution in [2.45, 2.75) is 85.1 Å². The van der Waals surface area contributed by atoms with Gasteiger partial charge in [0.05, 0.1) is 22.6 Å². The zero-order chi connectivity index (χ0) is 25.7. The number of ether oxygens (including phenoxy) is 1. The molecule has 1 heterocycles. The molecule has 2 aliphatic rings. The molecule has 0 saturated heterocycles. The number of halogens is 3. The van der Waals surface area contributed by atoms with E-state index in [0.717, 1.165) is 38.0 Å². The molecule has 2 unspecified atom stereocenters. The van der Waals surface area contributed by atoms with Gasteiger partial charge >= 0.3 is 6.18 Å². The van der Waals surface area contributed by atoms with Gasteiger partial charge in [-0.1, -0.05) is 27.7 Å². The van der Waals surface area contributed by atoms with Gasteiger partial charge in [-0.2, -0.15) is 18.4 Å². The number of carbonyl (C=O) groups excluding carboxylic acids is 1. The van der Waals surface area contributed by atoms with E-state index in [-0.39, 0.29) is 30.0 Å². The number of carbonyl (C=O) groups is 1. The van der Waals surface area contributed by atoms with Crippen LogP contribution in [-0.4, -0.2) is 43.2 Å². The van der Waals surface area contributed by atoms with Crippen LogP contribution in [0.25, 0.3) is 0 Å². The lowest BCUT2D eigenvalue weighted by molar-refractivity contribution is -0.145. The fourth-order valence-corrected chi connectivity index (χ4v) is 5.11. The van der Waals surface area contributed by atoms with E-state index >= 15 is 0 Å². The number of nitrogens with one attached hydrogen (secondary N) is 1. The Morgan fingerprint density at radius 3 is 2.47 bits per heavy atom. The van der Waals surface area contributed by atoms with E-state index in [0.29, 0.717) is 30.1 Å². The topological polar surface area (TPSA) is 65.4 Å². The van der Waals surface area contributed by atoms with Gasteiger partial charge in [0.1, 0.15) is 0 Å². The van der Waals surface area contributed by atoms with Gasteiger partial charge in [-0.25, -0.2) is 0 Å². The fraction of sp³-hybridized carbons (Fsp3) is 0.692. The number of amides is 1. The number of nitriles is 1.